The van der Waals surface area contributed by atoms with Crippen molar-refractivity contribution in [2.75, 3.05) is 6.61 Å². The lowest BCUT2D eigenvalue weighted by Gasteiger charge is -2.19. The van der Waals surface area contributed by atoms with E-state index >= 15 is 0 Å². The van der Waals surface area contributed by atoms with Crippen molar-refractivity contribution in [3.8, 4) is 5.69 Å². The van der Waals surface area contributed by atoms with Crippen LogP contribution >= 0.6 is 0 Å². The van der Waals surface area contributed by atoms with Crippen LogP contribution in [0.3, 0.4) is 0 Å². The van der Waals surface area contributed by atoms with E-state index in [1.165, 1.54) is 0 Å². The molecule has 2 unspecified atom stereocenters. The number of nitrogens with zero attached hydrogens (tertiary/aromatic N) is 3. The molecule has 0 spiro atoms. The summed E-state index contributed by atoms with van der Waals surface area (Å²) in [6.07, 6.45) is 4.07. The van der Waals surface area contributed by atoms with E-state index in [4.69, 9.17) is 5.11 Å². The van der Waals surface area contributed by atoms with E-state index in [2.05, 4.69) is 20.9 Å². The van der Waals surface area contributed by atoms with Crippen LogP contribution in [0, 0.1) is 0 Å². The molecule has 2 aromatic rings. The zero-order valence-electron chi connectivity index (χ0n) is 12.7. The number of aromatic nitrogens is 3. The Balaban J connectivity index is 1.95. The fourth-order valence-corrected chi connectivity index (χ4v) is 2.05. The Morgan fingerprint density at radius 2 is 2.05 bits per heavy atom. The second kappa shape index (κ2) is 7.56. The number of aliphatic hydroxyl groups is 1. The minimum absolute atomic E-state index is 0.0646. The zero-order valence-corrected chi connectivity index (χ0v) is 12.7. The average Bonchev–Trinajstić information content (AvgIpc) is 3.07. The predicted octanol–water partition coefficient (Wildman–Crippen LogP) is 1.40. The van der Waals surface area contributed by atoms with Gasteiger partial charge in [-0.25, -0.2) is 9.48 Å². The highest BCUT2D eigenvalue weighted by molar-refractivity contribution is 5.74. The molecule has 22 heavy (non-hydrogen) atoms. The smallest absolute Gasteiger partial charge is 0.315 e. The van der Waals surface area contributed by atoms with Gasteiger partial charge in [-0.2, -0.15) is 0 Å². The summed E-state index contributed by atoms with van der Waals surface area (Å²) >= 11 is 0. The second-order valence-corrected chi connectivity index (χ2v) is 5.07. The molecule has 2 amide bonds. The van der Waals surface area contributed by atoms with Gasteiger partial charge >= 0.3 is 6.03 Å². The van der Waals surface area contributed by atoms with Gasteiger partial charge in [-0.15, -0.1) is 5.10 Å². The van der Waals surface area contributed by atoms with Crippen molar-refractivity contribution in [1.29, 1.82) is 0 Å². The van der Waals surface area contributed by atoms with E-state index in [0.717, 1.165) is 11.3 Å². The van der Waals surface area contributed by atoms with Gasteiger partial charge in [0.2, 0.25) is 0 Å². The van der Waals surface area contributed by atoms with Crippen LogP contribution in [0.5, 0.6) is 0 Å². The van der Waals surface area contributed by atoms with Gasteiger partial charge in [0.05, 0.1) is 36.8 Å². The highest BCUT2D eigenvalue weighted by Gasteiger charge is 2.12. The molecule has 0 saturated carbocycles. The Morgan fingerprint density at radius 3 is 2.59 bits per heavy atom. The van der Waals surface area contributed by atoms with E-state index in [9.17, 15) is 4.79 Å². The summed E-state index contributed by atoms with van der Waals surface area (Å²) in [5.41, 5.74) is 1.89. The second-order valence-electron chi connectivity index (χ2n) is 5.07. The summed E-state index contributed by atoms with van der Waals surface area (Å²) in [6.45, 7) is 3.75. The first-order valence-corrected chi connectivity index (χ1v) is 7.28. The standard InChI is InChI=1S/C15H21N5O2/c1-3-13(10-21)18-15(22)17-11(2)12-4-6-14(7-5-12)20-9-8-16-19-20/h4-9,11,13,21H,3,10H2,1-2H3,(H2,17,18,22). The van der Waals surface area contributed by atoms with Gasteiger partial charge in [0.25, 0.3) is 0 Å². The molecule has 0 saturated heterocycles. The maximum absolute atomic E-state index is 11.9. The van der Waals surface area contributed by atoms with Crippen molar-refractivity contribution in [2.45, 2.75) is 32.4 Å². The number of rotatable bonds is 6. The molecule has 118 valence electrons. The molecule has 1 aromatic heterocycles. The molecule has 1 aromatic carbocycles. The average molecular weight is 303 g/mol. The Bertz CT molecular complexity index is 578. The van der Waals surface area contributed by atoms with Crippen LogP contribution < -0.4 is 10.6 Å². The van der Waals surface area contributed by atoms with Crippen molar-refractivity contribution in [2.24, 2.45) is 0 Å². The molecule has 0 radical (unpaired) electrons. The van der Waals surface area contributed by atoms with Gasteiger partial charge in [-0.1, -0.05) is 24.3 Å². The summed E-state index contributed by atoms with van der Waals surface area (Å²) in [7, 11) is 0. The monoisotopic (exact) mass is 303 g/mol. The van der Waals surface area contributed by atoms with E-state index in [1.54, 1.807) is 17.1 Å². The Kier molecular flexibility index (Phi) is 5.48. The minimum atomic E-state index is -0.284. The van der Waals surface area contributed by atoms with E-state index < -0.39 is 0 Å². The van der Waals surface area contributed by atoms with Gasteiger partial charge in [0, 0.05) is 0 Å². The first-order valence-electron chi connectivity index (χ1n) is 7.28. The quantitative estimate of drug-likeness (QED) is 0.752. The number of amides is 2. The lowest BCUT2D eigenvalue weighted by atomic mass is 10.1. The summed E-state index contributed by atoms with van der Waals surface area (Å²) in [6, 6.07) is 7.07. The van der Waals surface area contributed by atoms with E-state index in [-0.39, 0.29) is 24.7 Å². The molecule has 0 fully saturated rings. The largest absolute Gasteiger partial charge is 0.394 e. The zero-order chi connectivity index (χ0) is 15.9. The third-order valence-electron chi connectivity index (χ3n) is 3.48. The molecular weight excluding hydrogens is 282 g/mol. The third kappa shape index (κ3) is 4.05. The molecule has 0 bridgehead atoms. The lowest BCUT2D eigenvalue weighted by molar-refractivity contribution is 0.212. The molecule has 3 N–H and O–H groups in total. The van der Waals surface area contributed by atoms with Crippen LogP contribution in [0.25, 0.3) is 5.69 Å². The highest BCUT2D eigenvalue weighted by Crippen LogP contribution is 2.15. The number of urea groups is 1. The van der Waals surface area contributed by atoms with Crippen LogP contribution in [0.2, 0.25) is 0 Å². The van der Waals surface area contributed by atoms with Crippen LogP contribution in [0.4, 0.5) is 4.79 Å². The molecule has 7 heteroatoms. The van der Waals surface area contributed by atoms with Crippen molar-refractivity contribution in [3.63, 3.8) is 0 Å². The number of carbonyl (C=O) groups excluding carboxylic acids is 1. The van der Waals surface area contributed by atoms with Crippen LogP contribution in [0.15, 0.2) is 36.7 Å². The molecular formula is C15H21N5O2. The Labute approximate surface area is 129 Å². The lowest BCUT2D eigenvalue weighted by Crippen LogP contribution is -2.44. The molecule has 0 aliphatic rings. The molecule has 7 nitrogen and oxygen atoms in total. The van der Waals surface area contributed by atoms with Crippen LogP contribution in [-0.2, 0) is 0 Å². The summed E-state index contributed by atoms with van der Waals surface area (Å²) in [4.78, 5) is 11.9. The van der Waals surface area contributed by atoms with E-state index in [1.807, 2.05) is 38.1 Å². The summed E-state index contributed by atoms with van der Waals surface area (Å²) in [5, 5.41) is 22.4. The SMILES string of the molecule is CCC(CO)NC(=O)NC(C)c1ccc(-n2ccnn2)cc1. The number of nitrogens with one attached hydrogen (secondary N) is 2. The minimum Gasteiger partial charge on any atom is -0.394 e. The molecule has 2 rings (SSSR count). The van der Waals surface area contributed by atoms with Gasteiger partial charge in [-0.3, -0.25) is 0 Å². The number of aliphatic hydroxyl groups excluding tert-OH is 1. The van der Waals surface area contributed by atoms with Crippen molar-refractivity contribution in [3.05, 3.63) is 42.2 Å². The van der Waals surface area contributed by atoms with Crippen molar-refractivity contribution in [1.82, 2.24) is 25.6 Å². The summed E-state index contributed by atoms with van der Waals surface area (Å²) in [5.74, 6) is 0. The number of benzene rings is 1. The van der Waals surface area contributed by atoms with Gasteiger partial charge in [0.15, 0.2) is 0 Å². The maximum atomic E-state index is 11.9. The molecule has 0 aliphatic carbocycles. The summed E-state index contributed by atoms with van der Waals surface area (Å²) < 4.78 is 1.67. The normalized spacial score (nSPS) is 13.4. The van der Waals surface area contributed by atoms with Gasteiger partial charge in [0.1, 0.15) is 0 Å². The maximum Gasteiger partial charge on any atom is 0.315 e. The fraction of sp³-hybridized carbons (Fsp3) is 0.400. The van der Waals surface area contributed by atoms with E-state index in [0.29, 0.717) is 6.42 Å². The first-order chi connectivity index (χ1) is 10.6. The fourth-order valence-electron chi connectivity index (χ4n) is 2.05. The third-order valence-corrected chi connectivity index (χ3v) is 3.48. The molecule has 1 heterocycles. The predicted molar refractivity (Wildman–Crippen MR) is 82.6 cm³/mol. The van der Waals surface area contributed by atoms with Crippen molar-refractivity contribution < 1.29 is 9.90 Å². The highest BCUT2D eigenvalue weighted by atomic mass is 16.3. The number of hydrogen-bond donors (Lipinski definition) is 3. The Hall–Kier alpha value is -2.41. The molecule has 2 atom stereocenters. The number of hydrogen-bond acceptors (Lipinski definition) is 4. The first kappa shape index (κ1) is 16.0. The van der Waals surface area contributed by atoms with Gasteiger partial charge < -0.3 is 15.7 Å². The number of carbonyl (C=O) groups is 1. The molecule has 0 aliphatic heterocycles. The Morgan fingerprint density at radius 1 is 1.32 bits per heavy atom. The van der Waals surface area contributed by atoms with Crippen LogP contribution in [0.1, 0.15) is 31.9 Å². The van der Waals surface area contributed by atoms with Crippen molar-refractivity contribution >= 4 is 6.03 Å². The van der Waals surface area contributed by atoms with Gasteiger partial charge in [-0.05, 0) is 31.0 Å². The topological polar surface area (TPSA) is 92.1 Å². The van der Waals surface area contributed by atoms with Crippen LogP contribution in [-0.4, -0.2) is 38.8 Å².